The van der Waals surface area contributed by atoms with E-state index in [9.17, 15) is 8.42 Å². The van der Waals surface area contributed by atoms with Crippen molar-refractivity contribution in [2.45, 2.75) is 30.6 Å². The lowest BCUT2D eigenvalue weighted by atomic mass is 10.1. The molecule has 0 atom stereocenters. The van der Waals surface area contributed by atoms with E-state index in [2.05, 4.69) is 4.72 Å². The highest BCUT2D eigenvalue weighted by molar-refractivity contribution is 7.89. The van der Waals surface area contributed by atoms with Crippen LogP contribution in [0, 0.1) is 5.92 Å². The molecule has 1 saturated carbocycles. The summed E-state index contributed by atoms with van der Waals surface area (Å²) in [6.45, 7) is 0.505. The van der Waals surface area contributed by atoms with Gasteiger partial charge in [-0.25, -0.2) is 13.1 Å². The van der Waals surface area contributed by atoms with Crippen molar-refractivity contribution in [3.63, 3.8) is 0 Å². The van der Waals surface area contributed by atoms with E-state index in [4.69, 9.17) is 17.3 Å². The Bertz CT molecular complexity index is 525. The lowest BCUT2D eigenvalue weighted by Gasteiger charge is -2.11. The second-order valence-electron chi connectivity index (χ2n) is 4.69. The van der Waals surface area contributed by atoms with Crippen molar-refractivity contribution in [1.82, 2.24) is 4.72 Å². The second kappa shape index (κ2) is 5.47. The summed E-state index contributed by atoms with van der Waals surface area (Å²) in [5, 5.41) is 0.366. The number of nitrogens with two attached hydrogens (primary N) is 1. The van der Waals surface area contributed by atoms with E-state index in [1.54, 1.807) is 0 Å². The third-order valence-electron chi connectivity index (χ3n) is 3.31. The lowest BCUT2D eigenvalue weighted by molar-refractivity contribution is 0.519. The summed E-state index contributed by atoms with van der Waals surface area (Å²) in [6, 6.07) is 4.36. The van der Waals surface area contributed by atoms with Gasteiger partial charge < -0.3 is 5.73 Å². The van der Waals surface area contributed by atoms with Crippen LogP contribution in [0.5, 0.6) is 0 Å². The Morgan fingerprint density at radius 1 is 1.33 bits per heavy atom. The van der Waals surface area contributed by atoms with Gasteiger partial charge in [0.25, 0.3) is 0 Å². The average molecular weight is 289 g/mol. The van der Waals surface area contributed by atoms with Crippen molar-refractivity contribution in [2.75, 3.05) is 12.3 Å². The van der Waals surface area contributed by atoms with Gasteiger partial charge in [-0.2, -0.15) is 0 Å². The molecule has 0 unspecified atom stereocenters. The minimum Gasteiger partial charge on any atom is -0.397 e. The zero-order valence-corrected chi connectivity index (χ0v) is 11.6. The SMILES string of the molecule is Nc1cc(S(=O)(=O)NCC2CCCC2)ccc1Cl. The standard InChI is InChI=1S/C12H17ClN2O2S/c13-11-6-5-10(7-12(11)14)18(16,17)15-8-9-3-1-2-4-9/h5-7,9,15H,1-4,8,14H2. The van der Waals surface area contributed by atoms with Crippen LogP contribution in [0.2, 0.25) is 5.02 Å². The maximum atomic E-state index is 12.0. The molecular weight excluding hydrogens is 272 g/mol. The average Bonchev–Trinajstić information content (AvgIpc) is 2.83. The molecule has 2 rings (SSSR count). The normalized spacial score (nSPS) is 17.2. The zero-order valence-electron chi connectivity index (χ0n) is 10.0. The van der Waals surface area contributed by atoms with Gasteiger partial charge in [0.2, 0.25) is 10.0 Å². The summed E-state index contributed by atoms with van der Waals surface area (Å²) in [5.41, 5.74) is 5.89. The Morgan fingerprint density at radius 2 is 2.00 bits per heavy atom. The molecule has 100 valence electrons. The molecule has 1 aliphatic carbocycles. The molecule has 1 aliphatic rings. The largest absolute Gasteiger partial charge is 0.397 e. The van der Waals surface area contributed by atoms with Crippen LogP contribution in [0.3, 0.4) is 0 Å². The molecule has 0 aromatic heterocycles. The van der Waals surface area contributed by atoms with Gasteiger partial charge in [0.1, 0.15) is 0 Å². The van der Waals surface area contributed by atoms with Crippen LogP contribution in [-0.2, 0) is 10.0 Å². The molecule has 0 aliphatic heterocycles. The molecule has 4 nitrogen and oxygen atoms in total. The molecule has 0 saturated heterocycles. The first-order valence-electron chi connectivity index (χ1n) is 6.04. The minimum absolute atomic E-state index is 0.169. The van der Waals surface area contributed by atoms with Crippen LogP contribution in [0.1, 0.15) is 25.7 Å². The topological polar surface area (TPSA) is 72.2 Å². The van der Waals surface area contributed by atoms with E-state index in [0.29, 0.717) is 17.5 Å². The molecule has 0 amide bonds. The van der Waals surface area contributed by atoms with Crippen molar-refractivity contribution in [1.29, 1.82) is 0 Å². The highest BCUT2D eigenvalue weighted by Crippen LogP contribution is 2.25. The van der Waals surface area contributed by atoms with Gasteiger partial charge >= 0.3 is 0 Å². The molecule has 0 spiro atoms. The molecule has 0 heterocycles. The van der Waals surface area contributed by atoms with Gasteiger partial charge in [-0.05, 0) is 37.0 Å². The first-order valence-corrected chi connectivity index (χ1v) is 7.90. The number of hydrogen-bond acceptors (Lipinski definition) is 3. The maximum absolute atomic E-state index is 12.0. The Morgan fingerprint density at radius 3 is 2.61 bits per heavy atom. The summed E-state index contributed by atoms with van der Waals surface area (Å²) in [4.78, 5) is 0.169. The first-order chi connectivity index (χ1) is 8.49. The maximum Gasteiger partial charge on any atom is 0.240 e. The molecule has 0 radical (unpaired) electrons. The quantitative estimate of drug-likeness (QED) is 0.836. The minimum atomic E-state index is -3.48. The van der Waals surface area contributed by atoms with Gasteiger partial charge in [0.05, 0.1) is 15.6 Å². The fourth-order valence-electron chi connectivity index (χ4n) is 2.21. The summed E-state index contributed by atoms with van der Waals surface area (Å²) in [6.07, 6.45) is 4.59. The fourth-order valence-corrected chi connectivity index (χ4v) is 3.48. The predicted molar refractivity (Wildman–Crippen MR) is 73.0 cm³/mol. The highest BCUT2D eigenvalue weighted by Gasteiger charge is 2.20. The molecule has 6 heteroatoms. The number of hydrogen-bond donors (Lipinski definition) is 2. The van der Waals surface area contributed by atoms with E-state index in [0.717, 1.165) is 12.8 Å². The zero-order chi connectivity index (χ0) is 13.2. The molecule has 18 heavy (non-hydrogen) atoms. The van der Waals surface area contributed by atoms with Crippen LogP contribution in [0.15, 0.2) is 23.1 Å². The molecule has 1 aromatic carbocycles. The van der Waals surface area contributed by atoms with Crippen LogP contribution in [-0.4, -0.2) is 15.0 Å². The highest BCUT2D eigenvalue weighted by atomic mass is 35.5. The fraction of sp³-hybridized carbons (Fsp3) is 0.500. The molecular formula is C12H17ClN2O2S. The third-order valence-corrected chi connectivity index (χ3v) is 5.08. The number of rotatable bonds is 4. The van der Waals surface area contributed by atoms with Gasteiger partial charge in [-0.15, -0.1) is 0 Å². The van der Waals surface area contributed by atoms with Gasteiger partial charge in [-0.3, -0.25) is 0 Å². The van der Waals surface area contributed by atoms with Crippen molar-refractivity contribution in [3.05, 3.63) is 23.2 Å². The van der Waals surface area contributed by atoms with E-state index in [1.807, 2.05) is 0 Å². The summed E-state index contributed by atoms with van der Waals surface area (Å²) in [7, 11) is -3.48. The number of nitrogen functional groups attached to an aromatic ring is 1. The third kappa shape index (κ3) is 3.16. The van der Waals surface area contributed by atoms with Crippen LogP contribution in [0.25, 0.3) is 0 Å². The van der Waals surface area contributed by atoms with Gasteiger partial charge in [0.15, 0.2) is 0 Å². The van der Waals surface area contributed by atoms with E-state index >= 15 is 0 Å². The first kappa shape index (κ1) is 13.6. The lowest BCUT2D eigenvalue weighted by Crippen LogP contribution is -2.28. The Balaban J connectivity index is 2.07. The second-order valence-corrected chi connectivity index (χ2v) is 6.86. The molecule has 1 fully saturated rings. The van der Waals surface area contributed by atoms with Gasteiger partial charge in [0, 0.05) is 6.54 Å². The molecule has 3 N–H and O–H groups in total. The predicted octanol–water partition coefficient (Wildman–Crippen LogP) is 2.39. The molecule has 0 bridgehead atoms. The number of benzene rings is 1. The van der Waals surface area contributed by atoms with Crippen LogP contribution >= 0.6 is 11.6 Å². The smallest absolute Gasteiger partial charge is 0.240 e. The number of anilines is 1. The van der Waals surface area contributed by atoms with Crippen molar-refractivity contribution in [3.8, 4) is 0 Å². The molecule has 1 aromatic rings. The van der Waals surface area contributed by atoms with Crippen LogP contribution in [0.4, 0.5) is 5.69 Å². The van der Waals surface area contributed by atoms with Gasteiger partial charge in [-0.1, -0.05) is 24.4 Å². The Hall–Kier alpha value is -0.780. The summed E-state index contributed by atoms with van der Waals surface area (Å²) >= 11 is 5.77. The Labute approximate surface area is 113 Å². The van der Waals surface area contributed by atoms with Crippen LogP contribution < -0.4 is 10.5 Å². The summed E-state index contributed by atoms with van der Waals surface area (Å²) in [5.74, 6) is 0.462. The van der Waals surface area contributed by atoms with Crippen molar-refractivity contribution >= 4 is 27.3 Å². The summed E-state index contributed by atoms with van der Waals surface area (Å²) < 4.78 is 26.7. The number of halogens is 1. The number of nitrogens with one attached hydrogen (secondary N) is 1. The van der Waals surface area contributed by atoms with E-state index in [1.165, 1.54) is 31.0 Å². The monoisotopic (exact) mass is 288 g/mol. The van der Waals surface area contributed by atoms with E-state index < -0.39 is 10.0 Å². The van der Waals surface area contributed by atoms with Crippen molar-refractivity contribution < 1.29 is 8.42 Å². The van der Waals surface area contributed by atoms with E-state index in [-0.39, 0.29) is 10.6 Å². The number of sulfonamides is 1. The Kier molecular flexibility index (Phi) is 4.14. The van der Waals surface area contributed by atoms with Crippen molar-refractivity contribution in [2.24, 2.45) is 5.92 Å².